The van der Waals surface area contributed by atoms with Gasteiger partial charge in [-0.05, 0) is 0 Å². The van der Waals surface area contributed by atoms with Crippen molar-refractivity contribution in [3.05, 3.63) is 0 Å². The van der Waals surface area contributed by atoms with Crippen molar-refractivity contribution in [3.8, 4) is 0 Å². The molecule has 0 atom stereocenters. The Bertz CT molecular complexity index is 24.8. The van der Waals surface area contributed by atoms with Gasteiger partial charge in [-0.1, -0.05) is 0 Å². The summed E-state index contributed by atoms with van der Waals surface area (Å²) >= 11 is 0. The van der Waals surface area contributed by atoms with Crippen LogP contribution in [0.3, 0.4) is 0 Å². The van der Waals surface area contributed by atoms with Gasteiger partial charge in [-0.25, -0.2) is 0 Å². The maximum Gasteiger partial charge on any atom is 2.00 e. The molecule has 0 fully saturated rings. The first-order valence-corrected chi connectivity index (χ1v) is 1.10. The summed E-state index contributed by atoms with van der Waals surface area (Å²) in [4.78, 5) is 8.35. The van der Waals surface area contributed by atoms with Crippen LogP contribution in [0.15, 0.2) is 0 Å². The van der Waals surface area contributed by atoms with E-state index in [1.54, 1.807) is 0 Å². The standard InChI is InChI=1S/2ClH.Na.Ni.HO2P.H2O/c;;;;1-3-2;/h2*1H;;;(H,1,2);1H2/q;;+1;+2;;/p-3. The number of hydrogen-bond donors (Lipinski definition) is 0. The molecule has 0 amide bonds. The van der Waals surface area contributed by atoms with E-state index in [4.69, 9.17) is 9.46 Å². The van der Waals surface area contributed by atoms with Crippen molar-refractivity contribution in [2.45, 2.75) is 0 Å². The molecule has 0 aliphatic carbocycles. The smallest absolute Gasteiger partial charge is 1.00 e. The molecule has 0 aliphatic heterocycles. The molecular weight excluding hydrogens is 232 g/mol. The SMILES string of the molecule is O.O=P[O-].[Cl-].[Cl-].[Na+].[Ni+2]. The maximum absolute atomic E-state index is 8.35. The molecule has 0 aromatic rings. The third kappa shape index (κ3) is 92.9. The van der Waals surface area contributed by atoms with E-state index < -0.39 is 8.69 Å². The van der Waals surface area contributed by atoms with Gasteiger partial charge in [0, 0.05) is 0 Å². The van der Waals surface area contributed by atoms with Crippen LogP contribution in [-0.4, -0.2) is 5.48 Å². The Kier molecular flexibility index (Phi) is 388. The molecule has 0 heterocycles. The topological polar surface area (TPSA) is 71.6 Å². The van der Waals surface area contributed by atoms with E-state index in [-0.39, 0.29) is 76.3 Å². The molecule has 0 aliphatic rings. The Morgan fingerprint density at radius 1 is 1.25 bits per heavy atom. The first kappa shape index (κ1) is 49.8. The van der Waals surface area contributed by atoms with Crippen LogP contribution >= 0.6 is 8.69 Å². The molecule has 0 spiro atoms. The molecule has 0 unspecified atom stereocenters. The molecule has 8 heavy (non-hydrogen) atoms. The van der Waals surface area contributed by atoms with Gasteiger partial charge < -0.3 is 35.2 Å². The third-order valence-corrected chi connectivity index (χ3v) is 0. The minimum Gasteiger partial charge on any atom is -1.00 e. The molecule has 0 saturated heterocycles. The second-order valence-electron chi connectivity index (χ2n) is 0.0745. The van der Waals surface area contributed by atoms with Crippen molar-refractivity contribution < 1.29 is 85.8 Å². The Labute approximate surface area is 93.6 Å². The van der Waals surface area contributed by atoms with Gasteiger partial charge in [-0.15, -0.1) is 0 Å². The van der Waals surface area contributed by atoms with Gasteiger partial charge in [-0.2, -0.15) is 0 Å². The average Bonchev–Trinajstić information content (AvgIpc) is 0.918. The summed E-state index contributed by atoms with van der Waals surface area (Å²) in [5.74, 6) is 0. The zero-order valence-electron chi connectivity index (χ0n) is 3.84. The van der Waals surface area contributed by atoms with Crippen LogP contribution in [-0.2, 0) is 21.1 Å². The minimum atomic E-state index is -1.08. The van der Waals surface area contributed by atoms with E-state index in [2.05, 4.69) is 0 Å². The van der Waals surface area contributed by atoms with Crippen LogP contribution in [0, 0.1) is 0 Å². The second kappa shape index (κ2) is 62.2. The molecule has 0 rings (SSSR count). The molecule has 0 aromatic heterocycles. The number of halogens is 2. The van der Waals surface area contributed by atoms with Crippen LogP contribution < -0.4 is 59.3 Å². The van der Waals surface area contributed by atoms with Gasteiger partial charge >= 0.3 is 46.0 Å². The summed E-state index contributed by atoms with van der Waals surface area (Å²) in [5.41, 5.74) is 0. The average molecular weight is 234 g/mol. The van der Waals surface area contributed by atoms with Gasteiger partial charge in [0.15, 0.2) is 0 Å². The molecule has 0 radical (unpaired) electrons. The fourth-order valence-electron chi connectivity index (χ4n) is 0. The normalized spacial score (nSPS) is 2.62. The van der Waals surface area contributed by atoms with Crippen LogP contribution in [0.5, 0.6) is 0 Å². The predicted octanol–water partition coefficient (Wildman–Crippen LogP) is -10.3. The Morgan fingerprint density at radius 2 is 1.25 bits per heavy atom. The van der Waals surface area contributed by atoms with Crippen molar-refractivity contribution in [1.82, 2.24) is 0 Å². The van der Waals surface area contributed by atoms with E-state index in [9.17, 15) is 0 Å². The van der Waals surface area contributed by atoms with E-state index in [0.29, 0.717) is 0 Å². The summed E-state index contributed by atoms with van der Waals surface area (Å²) in [5, 5.41) is 0. The largest absolute Gasteiger partial charge is 2.00 e. The summed E-state index contributed by atoms with van der Waals surface area (Å²) < 4.78 is 8.35. The van der Waals surface area contributed by atoms with E-state index >= 15 is 0 Å². The molecule has 50 valence electrons. The summed E-state index contributed by atoms with van der Waals surface area (Å²) in [6.07, 6.45) is 0. The van der Waals surface area contributed by atoms with E-state index in [1.807, 2.05) is 0 Å². The fourth-order valence-corrected chi connectivity index (χ4v) is 0. The van der Waals surface area contributed by atoms with Gasteiger partial charge in [0.1, 0.15) is 0 Å². The van der Waals surface area contributed by atoms with Crippen molar-refractivity contribution in [1.29, 1.82) is 0 Å². The molecule has 3 nitrogen and oxygen atoms in total. The summed E-state index contributed by atoms with van der Waals surface area (Å²) in [7, 11) is -1.08. The van der Waals surface area contributed by atoms with Gasteiger partial charge in [0.2, 0.25) is 0 Å². The van der Waals surface area contributed by atoms with Crippen molar-refractivity contribution in [2.75, 3.05) is 0 Å². The molecule has 0 bridgehead atoms. The van der Waals surface area contributed by atoms with Gasteiger partial charge in [-0.3, -0.25) is 4.57 Å². The van der Waals surface area contributed by atoms with Crippen molar-refractivity contribution >= 4 is 8.69 Å². The first-order chi connectivity index (χ1) is 1.41. The quantitative estimate of drug-likeness (QED) is 0.308. The Hall–Kier alpha value is 2.09. The molecule has 8 heteroatoms. The fraction of sp³-hybridized carbons (Fsp3) is 0. The van der Waals surface area contributed by atoms with E-state index in [1.165, 1.54) is 0 Å². The van der Waals surface area contributed by atoms with E-state index in [0.717, 1.165) is 0 Å². The molecule has 2 N–H and O–H groups in total. The summed E-state index contributed by atoms with van der Waals surface area (Å²) in [6, 6.07) is 0. The van der Waals surface area contributed by atoms with Crippen LogP contribution in [0.4, 0.5) is 0 Å². The van der Waals surface area contributed by atoms with Gasteiger partial charge in [0.25, 0.3) is 0 Å². The third-order valence-electron chi connectivity index (χ3n) is 0. The molecular formula is H2Cl2NaNiO3P. The summed E-state index contributed by atoms with van der Waals surface area (Å²) in [6.45, 7) is 0. The zero-order valence-corrected chi connectivity index (χ0v) is 9.23. The van der Waals surface area contributed by atoms with Crippen molar-refractivity contribution in [3.63, 3.8) is 0 Å². The first-order valence-electron chi connectivity index (χ1n) is 0.365. The zero-order chi connectivity index (χ0) is 2.71. The second-order valence-corrected chi connectivity index (χ2v) is 0.224. The number of hydrogen-bond acceptors (Lipinski definition) is 2. The van der Waals surface area contributed by atoms with Crippen LogP contribution in [0.25, 0.3) is 0 Å². The number of rotatable bonds is 0. The van der Waals surface area contributed by atoms with Crippen LogP contribution in [0.1, 0.15) is 0 Å². The minimum absolute atomic E-state index is 0. The molecule has 0 aromatic carbocycles. The maximum atomic E-state index is 8.35. The van der Waals surface area contributed by atoms with Crippen LogP contribution in [0.2, 0.25) is 0 Å². The predicted molar refractivity (Wildman–Crippen MR) is 11.2 cm³/mol. The Balaban J connectivity index is -0.00000000200. The Morgan fingerprint density at radius 3 is 1.25 bits per heavy atom. The van der Waals surface area contributed by atoms with Crippen molar-refractivity contribution in [2.24, 2.45) is 0 Å². The van der Waals surface area contributed by atoms with Gasteiger partial charge in [0.05, 0.1) is 8.69 Å². The monoisotopic (exact) mass is 232 g/mol. The molecule has 0 saturated carbocycles.